The SMILES string of the molecule is Brc1ccc(C(c2ccc(CN3CCCNCCNCCCNCC3)cc2)c2ccc(CN3CCCNCCNCCCNCC3)cc2)cc1. The molecule has 2 aliphatic rings. The van der Waals surface area contributed by atoms with Crippen LogP contribution in [0.15, 0.2) is 77.3 Å². The predicted molar refractivity (Wildman–Crippen MR) is 214 cm³/mol. The summed E-state index contributed by atoms with van der Waals surface area (Å²) in [4.78, 5) is 5.23. The van der Waals surface area contributed by atoms with Gasteiger partial charge in [-0.25, -0.2) is 0 Å². The molecule has 50 heavy (non-hydrogen) atoms. The summed E-state index contributed by atoms with van der Waals surface area (Å²) in [5.74, 6) is 0.185. The summed E-state index contributed by atoms with van der Waals surface area (Å²) in [6, 6.07) is 27.8. The number of rotatable bonds is 7. The molecule has 3 aromatic carbocycles. The van der Waals surface area contributed by atoms with Crippen molar-refractivity contribution in [3.8, 4) is 0 Å². The Hall–Kier alpha value is -2.18. The first-order valence-electron chi connectivity index (χ1n) is 19.4. The summed E-state index contributed by atoms with van der Waals surface area (Å²) in [6.45, 7) is 19.1. The van der Waals surface area contributed by atoms with Crippen molar-refractivity contribution in [3.05, 3.63) is 105 Å². The van der Waals surface area contributed by atoms with Gasteiger partial charge in [-0.2, -0.15) is 0 Å². The second-order valence-corrected chi connectivity index (χ2v) is 14.8. The molecule has 2 heterocycles. The van der Waals surface area contributed by atoms with Crippen LogP contribution in [0.1, 0.15) is 59.4 Å². The topological polar surface area (TPSA) is 78.7 Å². The Balaban J connectivity index is 1.24. The van der Waals surface area contributed by atoms with Crippen molar-refractivity contribution in [3.63, 3.8) is 0 Å². The Morgan fingerprint density at radius 1 is 0.400 bits per heavy atom. The first-order chi connectivity index (χ1) is 24.7. The van der Waals surface area contributed by atoms with Crippen molar-refractivity contribution >= 4 is 15.9 Å². The molecule has 6 N–H and O–H groups in total. The van der Waals surface area contributed by atoms with E-state index in [0.29, 0.717) is 0 Å². The summed E-state index contributed by atoms with van der Waals surface area (Å²) in [6.07, 6.45) is 4.69. The molecule has 8 nitrogen and oxygen atoms in total. The van der Waals surface area contributed by atoms with E-state index >= 15 is 0 Å². The van der Waals surface area contributed by atoms with Crippen LogP contribution in [0.4, 0.5) is 0 Å². The number of hydrogen-bond acceptors (Lipinski definition) is 8. The number of halogens is 1. The Morgan fingerprint density at radius 3 is 1.14 bits per heavy atom. The molecule has 0 aromatic heterocycles. The van der Waals surface area contributed by atoms with Crippen LogP contribution < -0.4 is 31.9 Å². The van der Waals surface area contributed by atoms with Gasteiger partial charge in [0.15, 0.2) is 0 Å². The molecule has 9 heteroatoms. The fourth-order valence-electron chi connectivity index (χ4n) is 7.03. The standard InChI is InChI=1S/C41H63BrN8/c42-40-15-13-39(14-16-40)41(37-9-5-35(6-10-37)33-49-29-3-21-45-25-23-43-17-1-19-47-27-31-49)38-11-7-36(8-12-38)34-50-30-4-22-46-26-24-44-18-2-20-48-28-32-50/h5-16,41,43-48H,1-4,17-34H2. The fourth-order valence-corrected chi connectivity index (χ4v) is 7.29. The minimum Gasteiger partial charge on any atom is -0.315 e. The van der Waals surface area contributed by atoms with Crippen LogP contribution in [0.5, 0.6) is 0 Å². The summed E-state index contributed by atoms with van der Waals surface area (Å²) in [5, 5.41) is 21.6. The normalized spacial score (nSPS) is 19.8. The zero-order valence-corrected chi connectivity index (χ0v) is 31.9. The maximum absolute atomic E-state index is 3.66. The van der Waals surface area contributed by atoms with Crippen LogP contribution in [0.3, 0.4) is 0 Å². The summed E-state index contributed by atoms with van der Waals surface area (Å²) >= 11 is 3.66. The Morgan fingerprint density at radius 2 is 0.740 bits per heavy atom. The van der Waals surface area contributed by atoms with Gasteiger partial charge in [-0.3, -0.25) is 9.80 Å². The maximum atomic E-state index is 3.66. The van der Waals surface area contributed by atoms with Crippen LogP contribution in [0.25, 0.3) is 0 Å². The summed E-state index contributed by atoms with van der Waals surface area (Å²) in [5.41, 5.74) is 6.77. The van der Waals surface area contributed by atoms with E-state index in [4.69, 9.17) is 0 Å². The number of nitrogens with zero attached hydrogens (tertiary/aromatic N) is 2. The van der Waals surface area contributed by atoms with Crippen LogP contribution in [-0.2, 0) is 13.1 Å². The van der Waals surface area contributed by atoms with Gasteiger partial charge >= 0.3 is 0 Å². The number of benzene rings is 3. The van der Waals surface area contributed by atoms with Crippen LogP contribution >= 0.6 is 15.9 Å². The van der Waals surface area contributed by atoms with Gasteiger partial charge in [-0.1, -0.05) is 76.6 Å². The van der Waals surface area contributed by atoms with Gasteiger partial charge < -0.3 is 31.9 Å². The summed E-state index contributed by atoms with van der Waals surface area (Å²) < 4.78 is 1.11. The van der Waals surface area contributed by atoms with Crippen molar-refractivity contribution < 1.29 is 0 Å². The molecule has 0 radical (unpaired) electrons. The van der Waals surface area contributed by atoms with Crippen molar-refractivity contribution in [2.75, 3.05) is 105 Å². The van der Waals surface area contributed by atoms with Crippen molar-refractivity contribution in [2.24, 2.45) is 0 Å². The lowest BCUT2D eigenvalue weighted by Gasteiger charge is -2.25. The van der Waals surface area contributed by atoms with Crippen molar-refractivity contribution in [1.82, 2.24) is 41.7 Å². The van der Waals surface area contributed by atoms with Crippen LogP contribution in [0.2, 0.25) is 0 Å². The molecule has 0 spiro atoms. The third-order valence-corrected chi connectivity index (χ3v) is 10.4. The molecule has 274 valence electrons. The Labute approximate surface area is 311 Å². The Kier molecular flexibility index (Phi) is 18.3. The van der Waals surface area contributed by atoms with E-state index < -0.39 is 0 Å². The molecule has 0 bridgehead atoms. The monoisotopic (exact) mass is 746 g/mol. The van der Waals surface area contributed by atoms with E-state index in [1.165, 1.54) is 53.5 Å². The highest BCUT2D eigenvalue weighted by Crippen LogP contribution is 2.33. The van der Waals surface area contributed by atoms with Gasteiger partial charge in [-0.15, -0.1) is 0 Å². The molecular weight excluding hydrogens is 684 g/mol. The van der Waals surface area contributed by atoms with E-state index in [-0.39, 0.29) is 5.92 Å². The van der Waals surface area contributed by atoms with E-state index in [2.05, 4.69) is 130 Å². The molecule has 2 aliphatic heterocycles. The van der Waals surface area contributed by atoms with E-state index in [1.807, 2.05) is 0 Å². The molecule has 5 rings (SSSR count). The van der Waals surface area contributed by atoms with Gasteiger partial charge in [0, 0.05) is 75.8 Å². The molecule has 2 fully saturated rings. The van der Waals surface area contributed by atoms with Crippen molar-refractivity contribution in [2.45, 2.75) is 44.7 Å². The third kappa shape index (κ3) is 14.4. The Bertz CT molecular complexity index is 1200. The zero-order valence-electron chi connectivity index (χ0n) is 30.3. The van der Waals surface area contributed by atoms with E-state index in [0.717, 1.165) is 122 Å². The molecule has 2 saturated heterocycles. The molecule has 0 saturated carbocycles. The quantitative estimate of drug-likeness (QED) is 0.200. The smallest absolute Gasteiger partial charge is 0.0340 e. The highest BCUT2D eigenvalue weighted by Gasteiger charge is 2.18. The highest BCUT2D eigenvalue weighted by molar-refractivity contribution is 9.10. The average molecular weight is 748 g/mol. The highest BCUT2D eigenvalue weighted by atomic mass is 79.9. The second-order valence-electron chi connectivity index (χ2n) is 13.9. The fraction of sp³-hybridized carbons (Fsp3) is 0.561. The van der Waals surface area contributed by atoms with Crippen molar-refractivity contribution in [1.29, 1.82) is 0 Å². The lowest BCUT2D eigenvalue weighted by molar-refractivity contribution is 0.260. The van der Waals surface area contributed by atoms with E-state index in [9.17, 15) is 0 Å². The van der Waals surface area contributed by atoms with Gasteiger partial charge in [0.1, 0.15) is 0 Å². The lowest BCUT2D eigenvalue weighted by Crippen LogP contribution is -2.36. The van der Waals surface area contributed by atoms with Crippen LogP contribution in [-0.4, -0.2) is 115 Å². The molecule has 0 unspecified atom stereocenters. The second kappa shape index (κ2) is 23.4. The average Bonchev–Trinajstić information content (AvgIpc) is 3.13. The largest absolute Gasteiger partial charge is 0.315 e. The van der Waals surface area contributed by atoms with Gasteiger partial charge in [0.05, 0.1) is 0 Å². The maximum Gasteiger partial charge on any atom is 0.0340 e. The first kappa shape index (κ1) is 39.0. The first-order valence-corrected chi connectivity index (χ1v) is 20.2. The summed E-state index contributed by atoms with van der Waals surface area (Å²) in [7, 11) is 0. The zero-order chi connectivity index (χ0) is 34.5. The van der Waals surface area contributed by atoms with Gasteiger partial charge in [0.25, 0.3) is 0 Å². The third-order valence-electron chi connectivity index (χ3n) is 9.88. The lowest BCUT2D eigenvalue weighted by atomic mass is 9.84. The number of nitrogens with one attached hydrogen (secondary N) is 6. The van der Waals surface area contributed by atoms with Gasteiger partial charge in [0.2, 0.25) is 0 Å². The van der Waals surface area contributed by atoms with Gasteiger partial charge in [-0.05, 0) is 118 Å². The minimum atomic E-state index is 0.185. The minimum absolute atomic E-state index is 0.185. The van der Waals surface area contributed by atoms with E-state index in [1.54, 1.807) is 0 Å². The molecule has 0 amide bonds. The molecule has 0 aliphatic carbocycles. The number of hydrogen-bond donors (Lipinski definition) is 6. The molecule has 0 atom stereocenters. The molecular formula is C41H63BrN8. The van der Waals surface area contributed by atoms with Crippen LogP contribution in [0, 0.1) is 0 Å². The predicted octanol–water partition coefficient (Wildman–Crippen LogP) is 4.36. The molecule has 3 aromatic rings.